The Hall–Kier alpha value is -3.83. The van der Waals surface area contributed by atoms with Crippen molar-refractivity contribution in [3.05, 3.63) is 48.0 Å². The largest absolute Gasteiger partial charge is 0.573 e. The second-order valence-electron chi connectivity index (χ2n) is 9.50. The molecule has 3 aromatic rings. The molecular weight excluding hydrogens is 479 g/mol. The highest BCUT2D eigenvalue weighted by molar-refractivity contribution is 5.97. The highest BCUT2D eigenvalue weighted by atomic mass is 19.4. The van der Waals surface area contributed by atoms with Crippen LogP contribution in [-0.4, -0.2) is 76.2 Å². The summed E-state index contributed by atoms with van der Waals surface area (Å²) in [5.41, 5.74) is 1.96. The van der Waals surface area contributed by atoms with E-state index in [1.54, 1.807) is 23.1 Å². The number of amides is 2. The van der Waals surface area contributed by atoms with E-state index in [0.717, 1.165) is 12.1 Å². The molecule has 2 amide bonds. The Kier molecular flexibility index (Phi) is 5.27. The van der Waals surface area contributed by atoms with Gasteiger partial charge in [-0.2, -0.15) is 15.4 Å². The minimum atomic E-state index is -4.76. The molecule has 1 saturated carbocycles. The Morgan fingerprint density at radius 2 is 1.44 bits per heavy atom. The van der Waals surface area contributed by atoms with Crippen LogP contribution >= 0.6 is 0 Å². The smallest absolute Gasteiger partial charge is 0.484 e. The third-order valence-electron chi connectivity index (χ3n) is 7.55. The molecule has 3 heterocycles. The Morgan fingerprint density at radius 3 is 2.08 bits per heavy atom. The Morgan fingerprint density at radius 1 is 0.861 bits per heavy atom. The topological polar surface area (TPSA) is 101 Å². The minimum absolute atomic E-state index is 0.0136. The quantitative estimate of drug-likeness (QED) is 0.577. The van der Waals surface area contributed by atoms with Crippen molar-refractivity contribution in [3.8, 4) is 11.5 Å². The molecule has 0 bridgehead atoms. The average molecular weight is 501 g/mol. The zero-order valence-corrected chi connectivity index (χ0v) is 18.9. The van der Waals surface area contributed by atoms with E-state index in [1.165, 1.54) is 12.1 Å². The summed E-state index contributed by atoms with van der Waals surface area (Å²) in [5, 5.41) is 10.6. The summed E-state index contributed by atoms with van der Waals surface area (Å²) in [6.07, 6.45) is -4.76. The number of aromatic amines is 1. The molecule has 2 aromatic carbocycles. The van der Waals surface area contributed by atoms with Gasteiger partial charge in [0.2, 0.25) is 0 Å². The van der Waals surface area contributed by atoms with Gasteiger partial charge in [0.1, 0.15) is 22.5 Å². The van der Waals surface area contributed by atoms with Crippen LogP contribution in [0.15, 0.2) is 42.5 Å². The normalized spacial score (nSPS) is 24.9. The molecule has 12 heteroatoms. The van der Waals surface area contributed by atoms with Crippen LogP contribution in [-0.2, 0) is 4.79 Å². The molecule has 36 heavy (non-hydrogen) atoms. The third-order valence-corrected chi connectivity index (χ3v) is 7.55. The van der Waals surface area contributed by atoms with E-state index >= 15 is 0 Å². The van der Waals surface area contributed by atoms with Crippen LogP contribution < -0.4 is 9.47 Å². The predicted octanol–water partition coefficient (Wildman–Crippen LogP) is 2.71. The molecule has 2 saturated heterocycles. The number of carbonyl (C=O) groups is 2. The van der Waals surface area contributed by atoms with Gasteiger partial charge in [0, 0.05) is 31.7 Å². The number of aromatic nitrogens is 3. The fourth-order valence-corrected chi connectivity index (χ4v) is 5.87. The van der Waals surface area contributed by atoms with Crippen LogP contribution in [0.2, 0.25) is 0 Å². The average Bonchev–Trinajstić information content (AvgIpc) is 3.56. The zero-order valence-electron chi connectivity index (χ0n) is 18.9. The van der Waals surface area contributed by atoms with Crippen molar-refractivity contribution in [2.75, 3.05) is 32.8 Å². The summed E-state index contributed by atoms with van der Waals surface area (Å²) < 4.78 is 46.1. The lowest BCUT2D eigenvalue weighted by Gasteiger charge is -2.42. The van der Waals surface area contributed by atoms with Gasteiger partial charge in [-0.1, -0.05) is 0 Å². The number of nitrogens with zero attached hydrogens (tertiary/aromatic N) is 4. The van der Waals surface area contributed by atoms with E-state index in [9.17, 15) is 22.8 Å². The highest BCUT2D eigenvalue weighted by Gasteiger charge is 2.59. The van der Waals surface area contributed by atoms with Gasteiger partial charge in [-0.15, -0.1) is 13.2 Å². The fourth-order valence-electron chi connectivity index (χ4n) is 5.87. The summed E-state index contributed by atoms with van der Waals surface area (Å²) in [4.78, 5) is 29.4. The standard InChI is InChI=1S/C24H22F3N5O4/c25-24(26,27)36-15-4-2-14(3-5-15)35-12-22(33)31-8-16-17(9-31)19-11-32(10-18(16)19)23(34)13-1-6-20-21(7-13)29-30-28-20/h1-7,16-19H,8-12H2,(H,28,29,30)/t16-,17+,18+,19-. The van der Waals surface area contributed by atoms with Crippen LogP contribution in [0.25, 0.3) is 11.0 Å². The molecule has 1 aromatic heterocycles. The number of ether oxygens (including phenoxy) is 2. The van der Waals surface area contributed by atoms with Crippen LogP contribution in [0, 0.1) is 23.7 Å². The number of halogens is 3. The lowest BCUT2D eigenvalue weighted by atomic mass is 9.60. The second-order valence-corrected chi connectivity index (χ2v) is 9.50. The summed E-state index contributed by atoms with van der Waals surface area (Å²) in [5.74, 6) is 1.21. The van der Waals surface area contributed by atoms with Gasteiger partial charge in [0.25, 0.3) is 11.8 Å². The van der Waals surface area contributed by atoms with Crippen LogP contribution in [0.1, 0.15) is 10.4 Å². The van der Waals surface area contributed by atoms with Crippen LogP contribution in [0.5, 0.6) is 11.5 Å². The molecule has 2 aliphatic heterocycles. The van der Waals surface area contributed by atoms with E-state index in [-0.39, 0.29) is 29.9 Å². The predicted molar refractivity (Wildman–Crippen MR) is 119 cm³/mol. The molecule has 0 spiro atoms. The lowest BCUT2D eigenvalue weighted by molar-refractivity contribution is -0.274. The number of benzene rings is 2. The van der Waals surface area contributed by atoms with Crippen LogP contribution in [0.4, 0.5) is 13.2 Å². The number of fused-ring (bicyclic) bond motifs is 5. The van der Waals surface area contributed by atoms with Gasteiger partial charge in [0.05, 0.1) is 0 Å². The summed E-state index contributed by atoms with van der Waals surface area (Å²) >= 11 is 0. The maximum Gasteiger partial charge on any atom is 0.573 e. The van der Waals surface area contributed by atoms with Gasteiger partial charge in [-0.25, -0.2) is 0 Å². The molecule has 3 fully saturated rings. The van der Waals surface area contributed by atoms with Crippen molar-refractivity contribution in [2.45, 2.75) is 6.36 Å². The van der Waals surface area contributed by atoms with Gasteiger partial charge >= 0.3 is 6.36 Å². The Labute approximate surface area is 203 Å². The van der Waals surface area contributed by atoms with Gasteiger partial charge in [0.15, 0.2) is 6.61 Å². The van der Waals surface area contributed by atoms with Gasteiger partial charge < -0.3 is 19.3 Å². The molecule has 1 N–H and O–H groups in total. The van der Waals surface area contributed by atoms with E-state index in [1.807, 2.05) is 4.90 Å². The number of alkyl halides is 3. The molecule has 188 valence electrons. The van der Waals surface area contributed by atoms with E-state index in [4.69, 9.17) is 4.74 Å². The van der Waals surface area contributed by atoms with Crippen molar-refractivity contribution >= 4 is 22.8 Å². The Bertz CT molecular complexity index is 1290. The molecule has 9 nitrogen and oxygen atoms in total. The molecule has 0 unspecified atom stereocenters. The van der Waals surface area contributed by atoms with Gasteiger partial charge in [-0.3, -0.25) is 9.59 Å². The molecule has 1 aliphatic carbocycles. The maximum absolute atomic E-state index is 13.1. The molecule has 0 radical (unpaired) electrons. The molecule has 6 rings (SSSR count). The van der Waals surface area contributed by atoms with Crippen LogP contribution in [0.3, 0.4) is 0 Å². The zero-order chi connectivity index (χ0) is 25.0. The SMILES string of the molecule is O=C(COc1ccc(OC(F)(F)F)cc1)N1C[C@@H]2[C@H](C1)[C@H]1CN(C(=O)c3ccc4n[nH]nc4c3)C[C@@H]21. The first-order chi connectivity index (χ1) is 17.2. The van der Waals surface area contributed by atoms with Crippen molar-refractivity contribution in [2.24, 2.45) is 23.7 Å². The number of hydrogen-bond donors (Lipinski definition) is 1. The number of rotatable bonds is 5. The van der Waals surface area contributed by atoms with Crippen molar-refractivity contribution in [3.63, 3.8) is 0 Å². The van der Waals surface area contributed by atoms with E-state index in [0.29, 0.717) is 66.4 Å². The van der Waals surface area contributed by atoms with E-state index in [2.05, 4.69) is 20.1 Å². The molecule has 3 aliphatic rings. The maximum atomic E-state index is 13.1. The first kappa shape index (κ1) is 22.6. The molecule has 4 atom stereocenters. The van der Waals surface area contributed by atoms with Crippen molar-refractivity contribution in [1.29, 1.82) is 0 Å². The van der Waals surface area contributed by atoms with Crippen molar-refractivity contribution < 1.29 is 32.2 Å². The second kappa shape index (κ2) is 8.38. The lowest BCUT2D eigenvalue weighted by Crippen LogP contribution is -2.44. The number of carbonyl (C=O) groups excluding carboxylic acids is 2. The summed E-state index contributed by atoms with van der Waals surface area (Å²) in [7, 11) is 0. The monoisotopic (exact) mass is 501 g/mol. The molecular formula is C24H22F3N5O4. The highest BCUT2D eigenvalue weighted by Crippen LogP contribution is 2.54. The number of nitrogens with one attached hydrogen (secondary N) is 1. The Balaban J connectivity index is 1.01. The van der Waals surface area contributed by atoms with Gasteiger partial charge in [-0.05, 0) is 66.1 Å². The van der Waals surface area contributed by atoms with Crippen molar-refractivity contribution in [1.82, 2.24) is 25.2 Å². The summed E-state index contributed by atoms with van der Waals surface area (Å²) in [6.45, 7) is 2.40. The first-order valence-corrected chi connectivity index (χ1v) is 11.6. The fraction of sp³-hybridized carbons (Fsp3) is 0.417. The third kappa shape index (κ3) is 4.10. The number of likely N-dealkylation sites (tertiary alicyclic amines) is 2. The van der Waals surface area contributed by atoms with E-state index < -0.39 is 6.36 Å². The minimum Gasteiger partial charge on any atom is -0.484 e. The summed E-state index contributed by atoms with van der Waals surface area (Å²) in [6, 6.07) is 10.2. The first-order valence-electron chi connectivity index (χ1n) is 11.6. The number of hydrogen-bond acceptors (Lipinski definition) is 6. The number of H-pyrrole nitrogens is 1.